The van der Waals surface area contributed by atoms with Crippen molar-refractivity contribution >= 4 is 17.6 Å². The molecule has 0 amide bonds. The lowest BCUT2D eigenvalue weighted by atomic mass is 10.2. The molecule has 3 rings (SSSR count). The van der Waals surface area contributed by atoms with Crippen molar-refractivity contribution in [2.24, 2.45) is 0 Å². The quantitative estimate of drug-likeness (QED) is 0.597. The van der Waals surface area contributed by atoms with Crippen LogP contribution in [0.15, 0.2) is 54.6 Å². The van der Waals surface area contributed by atoms with Crippen LogP contribution >= 0.6 is 11.6 Å². The lowest BCUT2D eigenvalue weighted by Crippen LogP contribution is -2.07. The Morgan fingerprint density at radius 3 is 2.36 bits per heavy atom. The molecule has 5 heteroatoms. The average Bonchev–Trinajstić information content (AvgIpc) is 2.90. The molecule has 1 heterocycles. The van der Waals surface area contributed by atoms with Crippen molar-refractivity contribution in [2.45, 2.75) is 20.5 Å². The summed E-state index contributed by atoms with van der Waals surface area (Å²) >= 11 is 5.85. The maximum absolute atomic E-state index is 13.1. The van der Waals surface area contributed by atoms with E-state index in [1.165, 1.54) is 12.1 Å². The minimum atomic E-state index is -0.392. The fraction of sp³-hybridized carbons (Fsp3) is 0.150. The first kappa shape index (κ1) is 17.2. The largest absolute Gasteiger partial charge is 0.457 e. The van der Waals surface area contributed by atoms with Gasteiger partial charge in [0.2, 0.25) is 0 Å². The predicted octanol–water partition coefficient (Wildman–Crippen LogP) is 5.24. The molecule has 0 aliphatic carbocycles. The fourth-order valence-corrected chi connectivity index (χ4v) is 2.89. The van der Waals surface area contributed by atoms with Gasteiger partial charge in [-0.25, -0.2) is 9.18 Å². The van der Waals surface area contributed by atoms with E-state index in [-0.39, 0.29) is 12.4 Å². The summed E-state index contributed by atoms with van der Waals surface area (Å²) in [6.45, 7) is 3.91. The number of hydrogen-bond donors (Lipinski definition) is 0. The molecular weight excluding hydrogens is 341 g/mol. The second-order valence-corrected chi connectivity index (χ2v) is 6.24. The number of halogens is 2. The number of benzene rings is 2. The Balaban J connectivity index is 1.80. The topological polar surface area (TPSA) is 31.2 Å². The third-order valence-electron chi connectivity index (χ3n) is 4.02. The maximum atomic E-state index is 13.1. The van der Waals surface area contributed by atoms with E-state index in [1.54, 1.807) is 30.3 Å². The van der Waals surface area contributed by atoms with Gasteiger partial charge in [-0.2, -0.15) is 0 Å². The van der Waals surface area contributed by atoms with Crippen LogP contribution in [0.2, 0.25) is 5.02 Å². The molecule has 0 radical (unpaired) electrons. The summed E-state index contributed by atoms with van der Waals surface area (Å²) < 4.78 is 20.4. The van der Waals surface area contributed by atoms with E-state index in [0.29, 0.717) is 10.6 Å². The summed E-state index contributed by atoms with van der Waals surface area (Å²) in [7, 11) is 0. The molecule has 3 nitrogen and oxygen atoms in total. The Kier molecular flexibility index (Phi) is 4.91. The summed E-state index contributed by atoms with van der Waals surface area (Å²) in [5.74, 6) is -0.690. The van der Waals surface area contributed by atoms with Crippen LogP contribution in [-0.2, 0) is 11.3 Å². The molecular formula is C20H17ClFNO2. The number of aromatic nitrogens is 1. The molecule has 3 aromatic rings. The van der Waals surface area contributed by atoms with Crippen LogP contribution in [0.3, 0.4) is 0 Å². The highest BCUT2D eigenvalue weighted by Crippen LogP contribution is 2.22. The predicted molar refractivity (Wildman–Crippen MR) is 95.8 cm³/mol. The van der Waals surface area contributed by atoms with Gasteiger partial charge in [-0.1, -0.05) is 23.7 Å². The number of rotatable bonds is 4. The molecule has 0 atom stereocenters. The molecule has 128 valence electrons. The molecule has 0 aliphatic rings. The second-order valence-electron chi connectivity index (χ2n) is 5.80. The molecule has 0 spiro atoms. The van der Waals surface area contributed by atoms with E-state index in [9.17, 15) is 9.18 Å². The van der Waals surface area contributed by atoms with Gasteiger partial charge in [0.25, 0.3) is 0 Å². The molecule has 2 aromatic carbocycles. The van der Waals surface area contributed by atoms with Gasteiger partial charge in [0.15, 0.2) is 0 Å². The van der Waals surface area contributed by atoms with Crippen LogP contribution in [0.25, 0.3) is 5.69 Å². The highest BCUT2D eigenvalue weighted by Gasteiger charge is 2.18. The van der Waals surface area contributed by atoms with E-state index in [4.69, 9.17) is 16.3 Å². The van der Waals surface area contributed by atoms with E-state index < -0.39 is 5.97 Å². The summed E-state index contributed by atoms with van der Waals surface area (Å²) in [6, 6.07) is 15.1. The lowest BCUT2D eigenvalue weighted by Gasteiger charge is -2.10. The Morgan fingerprint density at radius 2 is 1.72 bits per heavy atom. The molecule has 0 fully saturated rings. The Bertz CT molecular complexity index is 899. The van der Waals surface area contributed by atoms with Crippen LogP contribution in [0.4, 0.5) is 4.39 Å². The maximum Gasteiger partial charge on any atom is 0.340 e. The van der Waals surface area contributed by atoms with Crippen molar-refractivity contribution in [2.75, 3.05) is 0 Å². The van der Waals surface area contributed by atoms with Crippen molar-refractivity contribution in [1.82, 2.24) is 4.57 Å². The van der Waals surface area contributed by atoms with Gasteiger partial charge in [-0.05, 0) is 61.9 Å². The number of nitrogens with zero attached hydrogens (tertiary/aromatic N) is 1. The third-order valence-corrected chi connectivity index (χ3v) is 4.27. The second kappa shape index (κ2) is 7.11. The van der Waals surface area contributed by atoms with Crippen LogP contribution in [0, 0.1) is 19.7 Å². The standard InChI is InChI=1S/C20H17ClFNO2/c1-13-11-19(14(2)23(13)18-9-7-17(22)8-10-18)20(24)25-12-15-3-5-16(21)6-4-15/h3-11H,12H2,1-2H3. The number of carbonyl (C=O) groups excluding carboxylic acids is 1. The normalized spacial score (nSPS) is 10.7. The van der Waals surface area contributed by atoms with Gasteiger partial charge in [0, 0.05) is 22.1 Å². The molecule has 0 unspecified atom stereocenters. The first-order chi connectivity index (χ1) is 12.0. The van der Waals surface area contributed by atoms with E-state index in [2.05, 4.69) is 0 Å². The lowest BCUT2D eigenvalue weighted by molar-refractivity contribution is 0.0472. The van der Waals surface area contributed by atoms with Crippen molar-refractivity contribution in [3.8, 4) is 5.69 Å². The summed E-state index contributed by atoms with van der Waals surface area (Å²) in [6.07, 6.45) is 0. The van der Waals surface area contributed by atoms with E-state index in [1.807, 2.05) is 30.5 Å². The molecule has 0 saturated heterocycles. The zero-order valence-corrected chi connectivity index (χ0v) is 14.7. The van der Waals surface area contributed by atoms with E-state index >= 15 is 0 Å². The Labute approximate surface area is 150 Å². The average molecular weight is 358 g/mol. The molecule has 0 aliphatic heterocycles. The monoisotopic (exact) mass is 357 g/mol. The smallest absolute Gasteiger partial charge is 0.340 e. The summed E-state index contributed by atoms with van der Waals surface area (Å²) in [4.78, 5) is 12.4. The number of ether oxygens (including phenoxy) is 1. The SMILES string of the molecule is Cc1cc(C(=O)OCc2ccc(Cl)cc2)c(C)n1-c1ccc(F)cc1. The van der Waals surface area contributed by atoms with Crippen LogP contribution in [0.1, 0.15) is 27.3 Å². The number of esters is 1. The first-order valence-corrected chi connectivity index (χ1v) is 8.20. The van der Waals surface area contributed by atoms with Crippen LogP contribution in [-0.4, -0.2) is 10.5 Å². The number of carbonyl (C=O) groups is 1. The highest BCUT2D eigenvalue weighted by atomic mass is 35.5. The van der Waals surface area contributed by atoms with Crippen molar-refractivity contribution in [3.63, 3.8) is 0 Å². The fourth-order valence-electron chi connectivity index (χ4n) is 2.76. The minimum Gasteiger partial charge on any atom is -0.457 e. The Morgan fingerprint density at radius 1 is 1.08 bits per heavy atom. The number of aryl methyl sites for hydroxylation is 1. The van der Waals surface area contributed by atoms with Crippen molar-refractivity contribution < 1.29 is 13.9 Å². The Hall–Kier alpha value is -2.59. The van der Waals surface area contributed by atoms with Gasteiger partial charge in [0.05, 0.1) is 5.56 Å². The minimum absolute atomic E-state index is 0.177. The van der Waals surface area contributed by atoms with Crippen molar-refractivity contribution in [3.05, 3.63) is 88.0 Å². The first-order valence-electron chi connectivity index (χ1n) is 7.82. The van der Waals surface area contributed by atoms with Crippen molar-refractivity contribution in [1.29, 1.82) is 0 Å². The number of hydrogen-bond acceptors (Lipinski definition) is 2. The highest BCUT2D eigenvalue weighted by molar-refractivity contribution is 6.30. The summed E-state index contributed by atoms with van der Waals surface area (Å²) in [5, 5.41) is 0.637. The van der Waals surface area contributed by atoms with Gasteiger partial charge in [-0.3, -0.25) is 0 Å². The molecule has 0 saturated carbocycles. The third kappa shape index (κ3) is 3.74. The molecule has 1 aromatic heterocycles. The molecule has 25 heavy (non-hydrogen) atoms. The van der Waals surface area contributed by atoms with Gasteiger partial charge in [0.1, 0.15) is 12.4 Å². The van der Waals surface area contributed by atoms with Gasteiger partial charge < -0.3 is 9.30 Å². The zero-order valence-electron chi connectivity index (χ0n) is 13.9. The molecule has 0 N–H and O–H groups in total. The van der Waals surface area contributed by atoms with E-state index in [0.717, 1.165) is 22.6 Å². The van der Waals surface area contributed by atoms with Gasteiger partial charge in [-0.15, -0.1) is 0 Å². The summed E-state index contributed by atoms with van der Waals surface area (Å²) in [5.41, 5.74) is 3.79. The van der Waals surface area contributed by atoms with Gasteiger partial charge >= 0.3 is 5.97 Å². The molecule has 0 bridgehead atoms. The van der Waals surface area contributed by atoms with Crippen LogP contribution < -0.4 is 0 Å². The van der Waals surface area contributed by atoms with Crippen LogP contribution in [0.5, 0.6) is 0 Å². The zero-order chi connectivity index (χ0) is 18.0.